The van der Waals surface area contributed by atoms with Crippen molar-refractivity contribution in [3.8, 4) is 0 Å². The number of rotatable bonds is 3. The van der Waals surface area contributed by atoms with Crippen LogP contribution >= 0.6 is 0 Å². The molecule has 1 heterocycles. The zero-order valence-electron chi connectivity index (χ0n) is 5.79. The standard InChI is InChI=1S/C7H11NO2/c1-2-3-8-6(5-9)4-7(8)10/h2,6,9H,1,3-5H2/t6-/m1/s1. The number of nitrogens with zero attached hydrogens (tertiary/aromatic N) is 1. The maximum atomic E-state index is 10.8. The zero-order valence-corrected chi connectivity index (χ0v) is 5.79. The average Bonchev–Trinajstić information content (AvgIpc) is 1.95. The summed E-state index contributed by atoms with van der Waals surface area (Å²) in [5.41, 5.74) is 0. The molecule has 0 saturated carbocycles. The number of aliphatic hydroxyl groups excluding tert-OH is 1. The van der Waals surface area contributed by atoms with Crippen LogP contribution < -0.4 is 0 Å². The minimum absolute atomic E-state index is 0.0468. The van der Waals surface area contributed by atoms with Gasteiger partial charge in [0.25, 0.3) is 0 Å². The van der Waals surface area contributed by atoms with Crippen LogP contribution in [0.3, 0.4) is 0 Å². The molecule has 0 aliphatic carbocycles. The van der Waals surface area contributed by atoms with Gasteiger partial charge < -0.3 is 10.0 Å². The molecule has 1 aliphatic heterocycles. The van der Waals surface area contributed by atoms with Crippen LogP contribution in [0.4, 0.5) is 0 Å². The van der Waals surface area contributed by atoms with E-state index in [0.29, 0.717) is 13.0 Å². The van der Waals surface area contributed by atoms with Gasteiger partial charge in [-0.3, -0.25) is 4.79 Å². The number of β-lactam (4-membered cyclic amide) rings is 1. The van der Waals surface area contributed by atoms with Crippen LogP contribution in [0.1, 0.15) is 6.42 Å². The van der Waals surface area contributed by atoms with E-state index in [4.69, 9.17) is 5.11 Å². The lowest BCUT2D eigenvalue weighted by molar-refractivity contribution is -0.146. The lowest BCUT2D eigenvalue weighted by atomic mass is 10.0. The molecular formula is C7H11NO2. The highest BCUT2D eigenvalue weighted by Gasteiger charge is 2.33. The summed E-state index contributed by atoms with van der Waals surface area (Å²) in [7, 11) is 0. The Hall–Kier alpha value is -0.830. The SMILES string of the molecule is C=CCN1C(=O)C[C@@H]1CO. The molecule has 0 aromatic rings. The van der Waals surface area contributed by atoms with Crippen molar-refractivity contribution in [2.75, 3.05) is 13.2 Å². The second kappa shape index (κ2) is 2.84. The van der Waals surface area contributed by atoms with Crippen LogP contribution in [0.2, 0.25) is 0 Å². The van der Waals surface area contributed by atoms with Crippen LogP contribution in [0, 0.1) is 0 Å². The van der Waals surface area contributed by atoms with Gasteiger partial charge in [0, 0.05) is 13.0 Å². The molecule has 0 unspecified atom stereocenters. The summed E-state index contributed by atoms with van der Waals surface area (Å²) in [5, 5.41) is 8.67. The molecule has 1 rings (SSSR count). The van der Waals surface area contributed by atoms with Crippen molar-refractivity contribution in [1.29, 1.82) is 0 Å². The van der Waals surface area contributed by atoms with Crippen LogP contribution in [-0.4, -0.2) is 35.1 Å². The van der Waals surface area contributed by atoms with Crippen LogP contribution in [0.5, 0.6) is 0 Å². The molecule has 1 saturated heterocycles. The number of likely N-dealkylation sites (tertiary alicyclic amines) is 1. The summed E-state index contributed by atoms with van der Waals surface area (Å²) < 4.78 is 0. The highest BCUT2D eigenvalue weighted by Crippen LogP contribution is 2.17. The Bertz CT molecular complexity index is 156. The molecule has 10 heavy (non-hydrogen) atoms. The molecule has 56 valence electrons. The molecule has 0 radical (unpaired) electrons. The van der Waals surface area contributed by atoms with Crippen molar-refractivity contribution in [1.82, 2.24) is 4.90 Å². The maximum Gasteiger partial charge on any atom is 0.225 e. The van der Waals surface area contributed by atoms with Gasteiger partial charge in [0.1, 0.15) is 0 Å². The van der Waals surface area contributed by atoms with Gasteiger partial charge in [-0.05, 0) is 0 Å². The Morgan fingerprint density at radius 2 is 2.60 bits per heavy atom. The van der Waals surface area contributed by atoms with Gasteiger partial charge in [0.15, 0.2) is 0 Å². The van der Waals surface area contributed by atoms with E-state index in [1.165, 1.54) is 0 Å². The summed E-state index contributed by atoms with van der Waals surface area (Å²) in [5.74, 6) is 0.110. The van der Waals surface area contributed by atoms with E-state index in [1.807, 2.05) is 0 Å². The predicted molar refractivity (Wildman–Crippen MR) is 37.4 cm³/mol. The third-order valence-corrected chi connectivity index (χ3v) is 1.71. The largest absolute Gasteiger partial charge is 0.394 e. The molecule has 3 heteroatoms. The molecule has 3 nitrogen and oxygen atoms in total. The Kier molecular flexibility index (Phi) is 2.06. The Morgan fingerprint density at radius 1 is 1.90 bits per heavy atom. The summed E-state index contributed by atoms with van der Waals surface area (Å²) in [6, 6.07) is 0.0468. The van der Waals surface area contributed by atoms with Crippen molar-refractivity contribution >= 4 is 5.91 Å². The van der Waals surface area contributed by atoms with E-state index in [-0.39, 0.29) is 18.6 Å². The summed E-state index contributed by atoms with van der Waals surface area (Å²) in [6.45, 7) is 4.14. The molecule has 0 bridgehead atoms. The highest BCUT2D eigenvalue weighted by molar-refractivity contribution is 5.83. The van der Waals surface area contributed by atoms with E-state index in [0.717, 1.165) is 0 Å². The fourth-order valence-electron chi connectivity index (χ4n) is 1.07. The van der Waals surface area contributed by atoms with E-state index in [9.17, 15) is 4.79 Å². The Labute approximate surface area is 59.9 Å². The van der Waals surface area contributed by atoms with Gasteiger partial charge in [-0.1, -0.05) is 6.08 Å². The monoisotopic (exact) mass is 141 g/mol. The summed E-state index contributed by atoms with van der Waals surface area (Å²) >= 11 is 0. The van der Waals surface area contributed by atoms with Gasteiger partial charge >= 0.3 is 0 Å². The topological polar surface area (TPSA) is 40.5 Å². The van der Waals surface area contributed by atoms with E-state index in [2.05, 4.69) is 6.58 Å². The van der Waals surface area contributed by atoms with E-state index in [1.54, 1.807) is 11.0 Å². The number of hydrogen-bond acceptors (Lipinski definition) is 2. The van der Waals surface area contributed by atoms with Gasteiger partial charge in [0.2, 0.25) is 5.91 Å². The minimum atomic E-state index is 0.0468. The number of amides is 1. The molecule has 0 spiro atoms. The summed E-state index contributed by atoms with van der Waals surface area (Å²) in [4.78, 5) is 12.4. The fourth-order valence-corrected chi connectivity index (χ4v) is 1.07. The van der Waals surface area contributed by atoms with Crippen LogP contribution in [0.15, 0.2) is 12.7 Å². The fraction of sp³-hybridized carbons (Fsp3) is 0.571. The first kappa shape index (κ1) is 7.28. The average molecular weight is 141 g/mol. The molecule has 0 aromatic heterocycles. The minimum Gasteiger partial charge on any atom is -0.394 e. The van der Waals surface area contributed by atoms with Gasteiger partial charge in [0.05, 0.1) is 12.6 Å². The van der Waals surface area contributed by atoms with E-state index < -0.39 is 0 Å². The van der Waals surface area contributed by atoms with Crippen molar-refractivity contribution in [3.63, 3.8) is 0 Å². The number of carbonyl (C=O) groups excluding carboxylic acids is 1. The number of carbonyl (C=O) groups is 1. The molecule has 1 fully saturated rings. The molecule has 1 amide bonds. The maximum absolute atomic E-state index is 10.8. The molecule has 1 N–H and O–H groups in total. The number of hydrogen-bond donors (Lipinski definition) is 1. The van der Waals surface area contributed by atoms with Gasteiger partial charge in [-0.25, -0.2) is 0 Å². The van der Waals surface area contributed by atoms with Crippen molar-refractivity contribution in [2.24, 2.45) is 0 Å². The van der Waals surface area contributed by atoms with Gasteiger partial charge in [-0.2, -0.15) is 0 Å². The van der Waals surface area contributed by atoms with Gasteiger partial charge in [-0.15, -0.1) is 6.58 Å². The normalized spacial score (nSPS) is 24.3. The van der Waals surface area contributed by atoms with Crippen molar-refractivity contribution in [2.45, 2.75) is 12.5 Å². The second-order valence-electron chi connectivity index (χ2n) is 2.38. The van der Waals surface area contributed by atoms with Crippen LogP contribution in [-0.2, 0) is 4.79 Å². The molecule has 1 atom stereocenters. The Balaban J connectivity index is 2.39. The van der Waals surface area contributed by atoms with E-state index >= 15 is 0 Å². The molecular weight excluding hydrogens is 130 g/mol. The molecule has 0 aromatic carbocycles. The smallest absolute Gasteiger partial charge is 0.225 e. The first-order valence-electron chi connectivity index (χ1n) is 3.30. The lowest BCUT2D eigenvalue weighted by Gasteiger charge is -2.38. The molecule has 1 aliphatic rings. The zero-order chi connectivity index (χ0) is 7.56. The lowest BCUT2D eigenvalue weighted by Crippen LogP contribution is -2.54. The Morgan fingerprint density at radius 3 is 3.00 bits per heavy atom. The number of aliphatic hydroxyl groups is 1. The second-order valence-corrected chi connectivity index (χ2v) is 2.38. The third kappa shape index (κ3) is 1.04. The summed E-state index contributed by atoms with van der Waals surface area (Å²) in [6.07, 6.45) is 2.16. The van der Waals surface area contributed by atoms with Crippen molar-refractivity contribution < 1.29 is 9.90 Å². The first-order valence-corrected chi connectivity index (χ1v) is 3.30. The highest BCUT2D eigenvalue weighted by atomic mass is 16.3. The predicted octanol–water partition coefficient (Wildman–Crippen LogP) is -0.234. The third-order valence-electron chi connectivity index (χ3n) is 1.71. The first-order chi connectivity index (χ1) is 4.79. The quantitative estimate of drug-likeness (QED) is 0.435. The van der Waals surface area contributed by atoms with Crippen molar-refractivity contribution in [3.05, 3.63) is 12.7 Å². The van der Waals surface area contributed by atoms with Crippen LogP contribution in [0.25, 0.3) is 0 Å².